The first-order valence-electron chi connectivity index (χ1n) is 5.29. The molecule has 1 aliphatic heterocycles. The molecule has 0 aliphatic carbocycles. The molecular formula is C9H16N4O2S. The van der Waals surface area contributed by atoms with E-state index < -0.39 is 15.4 Å². The number of sulfone groups is 1. The van der Waals surface area contributed by atoms with Crippen molar-refractivity contribution >= 4 is 15.8 Å². The summed E-state index contributed by atoms with van der Waals surface area (Å²) in [7, 11) is -2.96. The lowest BCUT2D eigenvalue weighted by atomic mass is 10.0. The van der Waals surface area contributed by atoms with Gasteiger partial charge in [0.2, 0.25) is 5.95 Å². The van der Waals surface area contributed by atoms with Gasteiger partial charge in [0, 0.05) is 6.42 Å². The lowest BCUT2D eigenvalue weighted by molar-refractivity contribution is 0.332. The molecule has 90 valence electrons. The molecule has 7 heteroatoms. The van der Waals surface area contributed by atoms with Crippen LogP contribution in [0.5, 0.6) is 0 Å². The summed E-state index contributed by atoms with van der Waals surface area (Å²) in [4.78, 5) is 4.10. The standard InChI is InChI=1S/C9H16N4O2S/c1-3-7-11-8(10)13(12-7)9(2)4-5-16(14,15)6-9/h3-6H2,1-2H3,(H2,10,11,12). The Morgan fingerprint density at radius 2 is 2.25 bits per heavy atom. The van der Waals surface area contributed by atoms with Crippen molar-refractivity contribution in [3.05, 3.63) is 5.82 Å². The molecule has 0 saturated carbocycles. The van der Waals surface area contributed by atoms with Gasteiger partial charge in [0.1, 0.15) is 0 Å². The molecule has 0 spiro atoms. The Balaban J connectivity index is 2.40. The maximum absolute atomic E-state index is 11.5. The average Bonchev–Trinajstić information content (AvgIpc) is 2.68. The van der Waals surface area contributed by atoms with Crippen LogP contribution in [0.15, 0.2) is 0 Å². The highest BCUT2D eigenvalue weighted by molar-refractivity contribution is 7.91. The monoisotopic (exact) mass is 244 g/mol. The predicted molar refractivity (Wildman–Crippen MR) is 60.7 cm³/mol. The number of nitrogen functional groups attached to an aromatic ring is 1. The molecule has 1 atom stereocenters. The van der Waals surface area contributed by atoms with Crippen molar-refractivity contribution in [3.63, 3.8) is 0 Å². The smallest absolute Gasteiger partial charge is 0.219 e. The molecule has 0 amide bonds. The van der Waals surface area contributed by atoms with E-state index in [-0.39, 0.29) is 11.5 Å². The van der Waals surface area contributed by atoms with Crippen LogP contribution in [0, 0.1) is 0 Å². The van der Waals surface area contributed by atoms with E-state index in [0.717, 1.165) is 0 Å². The van der Waals surface area contributed by atoms with Crippen LogP contribution >= 0.6 is 0 Å². The highest BCUT2D eigenvalue weighted by Gasteiger charge is 2.41. The summed E-state index contributed by atoms with van der Waals surface area (Å²) >= 11 is 0. The topological polar surface area (TPSA) is 90.9 Å². The van der Waals surface area contributed by atoms with Gasteiger partial charge in [-0.15, -0.1) is 0 Å². The Morgan fingerprint density at radius 3 is 2.69 bits per heavy atom. The third-order valence-electron chi connectivity index (χ3n) is 2.99. The van der Waals surface area contributed by atoms with Gasteiger partial charge in [-0.05, 0) is 13.3 Å². The van der Waals surface area contributed by atoms with Crippen molar-refractivity contribution < 1.29 is 8.42 Å². The van der Waals surface area contributed by atoms with Crippen molar-refractivity contribution in [2.24, 2.45) is 0 Å². The molecular weight excluding hydrogens is 228 g/mol. The average molecular weight is 244 g/mol. The Labute approximate surface area is 94.8 Å². The number of anilines is 1. The van der Waals surface area contributed by atoms with Gasteiger partial charge in [0.05, 0.1) is 17.0 Å². The second kappa shape index (κ2) is 3.44. The molecule has 2 N–H and O–H groups in total. The van der Waals surface area contributed by atoms with E-state index >= 15 is 0 Å². The molecule has 0 aromatic carbocycles. The van der Waals surface area contributed by atoms with Crippen molar-refractivity contribution in [2.45, 2.75) is 32.2 Å². The molecule has 2 rings (SSSR count). The van der Waals surface area contributed by atoms with Crippen LogP contribution < -0.4 is 5.73 Å². The minimum absolute atomic E-state index is 0.0940. The van der Waals surface area contributed by atoms with E-state index in [1.807, 2.05) is 13.8 Å². The van der Waals surface area contributed by atoms with Crippen LogP contribution in [0.2, 0.25) is 0 Å². The third-order valence-corrected chi connectivity index (χ3v) is 4.87. The predicted octanol–water partition coefficient (Wildman–Crippen LogP) is -0.0436. The van der Waals surface area contributed by atoms with Gasteiger partial charge in [-0.25, -0.2) is 13.1 Å². The van der Waals surface area contributed by atoms with Crippen molar-refractivity contribution in [2.75, 3.05) is 17.2 Å². The van der Waals surface area contributed by atoms with Gasteiger partial charge in [-0.1, -0.05) is 6.92 Å². The SMILES string of the molecule is CCc1nc(N)n(C2(C)CCS(=O)(=O)C2)n1. The lowest BCUT2D eigenvalue weighted by Crippen LogP contribution is -2.33. The molecule has 0 radical (unpaired) electrons. The first kappa shape index (κ1) is 11.4. The number of hydrogen-bond acceptors (Lipinski definition) is 5. The second-order valence-electron chi connectivity index (χ2n) is 4.49. The van der Waals surface area contributed by atoms with Gasteiger partial charge < -0.3 is 5.73 Å². The Hall–Kier alpha value is -1.11. The van der Waals surface area contributed by atoms with Gasteiger partial charge in [-0.2, -0.15) is 10.1 Å². The van der Waals surface area contributed by atoms with Gasteiger partial charge >= 0.3 is 0 Å². The fraction of sp³-hybridized carbons (Fsp3) is 0.778. The highest BCUT2D eigenvalue weighted by Crippen LogP contribution is 2.31. The van der Waals surface area contributed by atoms with Gasteiger partial charge in [0.25, 0.3) is 0 Å². The zero-order valence-corrected chi connectivity index (χ0v) is 10.3. The summed E-state index contributed by atoms with van der Waals surface area (Å²) in [5.74, 6) is 1.25. The van der Waals surface area contributed by atoms with Crippen molar-refractivity contribution in [1.29, 1.82) is 0 Å². The minimum atomic E-state index is -2.96. The Morgan fingerprint density at radius 1 is 1.56 bits per heavy atom. The zero-order chi connectivity index (χ0) is 12.0. The van der Waals surface area contributed by atoms with E-state index in [0.29, 0.717) is 24.6 Å². The second-order valence-corrected chi connectivity index (χ2v) is 6.67. The first-order chi connectivity index (χ1) is 7.36. The van der Waals surface area contributed by atoms with Crippen LogP contribution in [0.3, 0.4) is 0 Å². The largest absolute Gasteiger partial charge is 0.368 e. The summed E-state index contributed by atoms with van der Waals surface area (Å²) in [6.07, 6.45) is 1.24. The van der Waals surface area contributed by atoms with Crippen molar-refractivity contribution in [1.82, 2.24) is 14.8 Å². The molecule has 1 saturated heterocycles. The molecule has 16 heavy (non-hydrogen) atoms. The van der Waals surface area contributed by atoms with E-state index in [1.165, 1.54) is 0 Å². The van der Waals surface area contributed by atoms with Crippen molar-refractivity contribution in [3.8, 4) is 0 Å². The molecule has 2 heterocycles. The van der Waals surface area contributed by atoms with E-state index in [9.17, 15) is 8.42 Å². The van der Waals surface area contributed by atoms with Crippen LogP contribution in [0.4, 0.5) is 5.95 Å². The fourth-order valence-electron chi connectivity index (χ4n) is 2.08. The molecule has 1 fully saturated rings. The molecule has 1 aromatic heterocycles. The summed E-state index contributed by atoms with van der Waals surface area (Å²) < 4.78 is 24.6. The zero-order valence-electron chi connectivity index (χ0n) is 9.47. The Kier molecular flexibility index (Phi) is 2.45. The molecule has 1 aliphatic rings. The summed E-state index contributed by atoms with van der Waals surface area (Å²) in [6, 6.07) is 0. The fourth-order valence-corrected chi connectivity index (χ4v) is 4.19. The minimum Gasteiger partial charge on any atom is -0.368 e. The van der Waals surface area contributed by atoms with E-state index in [2.05, 4.69) is 10.1 Å². The highest BCUT2D eigenvalue weighted by atomic mass is 32.2. The third kappa shape index (κ3) is 1.79. The number of nitrogens with two attached hydrogens (primary N) is 1. The number of nitrogens with zero attached hydrogens (tertiary/aromatic N) is 3. The number of aryl methyl sites for hydroxylation is 1. The molecule has 1 unspecified atom stereocenters. The van der Waals surface area contributed by atoms with E-state index in [4.69, 9.17) is 5.73 Å². The molecule has 6 nitrogen and oxygen atoms in total. The molecule has 1 aromatic rings. The summed E-state index contributed by atoms with van der Waals surface area (Å²) in [5, 5.41) is 4.26. The van der Waals surface area contributed by atoms with Crippen LogP contribution in [-0.4, -0.2) is 34.7 Å². The number of aromatic nitrogens is 3. The number of rotatable bonds is 2. The maximum Gasteiger partial charge on any atom is 0.219 e. The van der Waals surface area contributed by atoms with Crippen LogP contribution in [0.25, 0.3) is 0 Å². The summed E-state index contributed by atoms with van der Waals surface area (Å²) in [6.45, 7) is 3.80. The molecule has 0 bridgehead atoms. The van der Waals surface area contributed by atoms with Gasteiger partial charge in [-0.3, -0.25) is 0 Å². The van der Waals surface area contributed by atoms with Crippen LogP contribution in [0.1, 0.15) is 26.1 Å². The maximum atomic E-state index is 11.5. The first-order valence-corrected chi connectivity index (χ1v) is 7.11. The quantitative estimate of drug-likeness (QED) is 0.788. The lowest BCUT2D eigenvalue weighted by Gasteiger charge is -2.22. The van der Waals surface area contributed by atoms with Crippen LogP contribution in [-0.2, 0) is 21.8 Å². The Bertz CT molecular complexity index is 508. The number of hydrogen-bond donors (Lipinski definition) is 1. The van der Waals surface area contributed by atoms with E-state index in [1.54, 1.807) is 4.68 Å². The van der Waals surface area contributed by atoms with Gasteiger partial charge in [0.15, 0.2) is 15.7 Å². The summed E-state index contributed by atoms with van der Waals surface area (Å²) in [5.41, 5.74) is 5.23. The normalized spacial score (nSPS) is 28.4.